The fourth-order valence-corrected chi connectivity index (χ4v) is 5.62. The van der Waals surface area contributed by atoms with Crippen molar-refractivity contribution in [3.63, 3.8) is 0 Å². The van der Waals surface area contributed by atoms with Crippen LogP contribution in [0, 0.1) is 0 Å². The Kier molecular flexibility index (Phi) is 3.86. The van der Waals surface area contributed by atoms with E-state index in [4.69, 9.17) is 0 Å². The maximum atomic E-state index is 13.1. The Morgan fingerprint density at radius 3 is 2.62 bits per heavy atom. The molecule has 1 aliphatic carbocycles. The summed E-state index contributed by atoms with van der Waals surface area (Å²) < 4.78 is 23.4. The van der Waals surface area contributed by atoms with E-state index in [1.54, 1.807) is 16.2 Å². The van der Waals surface area contributed by atoms with Crippen LogP contribution in [-0.2, 0) is 20.0 Å². The highest BCUT2D eigenvalue weighted by Crippen LogP contribution is 2.45. The summed E-state index contributed by atoms with van der Waals surface area (Å²) in [5.41, 5.74) is -0.388. The minimum Gasteiger partial charge on any atom is -0.341 e. The second-order valence-corrected chi connectivity index (χ2v) is 9.53. The molecule has 1 atom stereocenters. The zero-order valence-electron chi connectivity index (χ0n) is 12.2. The molecule has 3 rings (SSSR count). The van der Waals surface area contributed by atoms with E-state index in [2.05, 4.69) is 6.07 Å². The highest BCUT2D eigenvalue weighted by Gasteiger charge is 2.47. The first-order valence-corrected chi connectivity index (χ1v) is 10.3. The molecular weight excluding hydrogens is 306 g/mol. The SMILES string of the molecule is CS(=O)(=O)[C@H]1CCN(C(=O)C2(c3cccs3)CCCC2)C1. The molecule has 1 amide bonds. The molecule has 0 spiro atoms. The Morgan fingerprint density at radius 1 is 1.38 bits per heavy atom. The van der Waals surface area contributed by atoms with Crippen molar-refractivity contribution in [3.05, 3.63) is 22.4 Å². The number of hydrogen-bond donors (Lipinski definition) is 0. The summed E-state index contributed by atoms with van der Waals surface area (Å²) in [7, 11) is -3.06. The zero-order valence-corrected chi connectivity index (χ0v) is 13.9. The molecule has 4 nitrogen and oxygen atoms in total. The maximum Gasteiger partial charge on any atom is 0.234 e. The summed E-state index contributed by atoms with van der Waals surface area (Å²) in [6.07, 6.45) is 5.79. The number of sulfone groups is 1. The van der Waals surface area contributed by atoms with Gasteiger partial charge < -0.3 is 4.90 Å². The lowest BCUT2D eigenvalue weighted by atomic mass is 9.83. The first kappa shape index (κ1) is 15.0. The number of nitrogens with zero attached hydrogens (tertiary/aromatic N) is 1. The van der Waals surface area contributed by atoms with Crippen LogP contribution in [-0.4, -0.2) is 43.8 Å². The van der Waals surface area contributed by atoms with E-state index < -0.39 is 9.84 Å². The van der Waals surface area contributed by atoms with Gasteiger partial charge in [0.05, 0.1) is 10.7 Å². The predicted octanol–water partition coefficient (Wildman–Crippen LogP) is 2.21. The summed E-state index contributed by atoms with van der Waals surface area (Å²) in [5, 5.41) is 1.63. The topological polar surface area (TPSA) is 54.5 Å². The Hall–Kier alpha value is -0.880. The zero-order chi connectivity index (χ0) is 15.1. The molecule has 0 unspecified atom stereocenters. The molecule has 1 aliphatic heterocycles. The van der Waals surface area contributed by atoms with E-state index in [0.29, 0.717) is 19.5 Å². The van der Waals surface area contributed by atoms with Gasteiger partial charge in [-0.3, -0.25) is 4.79 Å². The van der Waals surface area contributed by atoms with E-state index >= 15 is 0 Å². The molecule has 0 bridgehead atoms. The number of hydrogen-bond acceptors (Lipinski definition) is 4. The molecule has 0 N–H and O–H groups in total. The van der Waals surface area contributed by atoms with Crippen molar-refractivity contribution in [2.75, 3.05) is 19.3 Å². The summed E-state index contributed by atoms with van der Waals surface area (Å²) in [5.74, 6) is 0.147. The fourth-order valence-electron chi connectivity index (χ4n) is 3.66. The minimum absolute atomic E-state index is 0.147. The Bertz CT molecular complexity index is 615. The first-order chi connectivity index (χ1) is 9.93. The number of thiophene rings is 1. The maximum absolute atomic E-state index is 13.1. The molecule has 0 radical (unpaired) electrons. The van der Waals surface area contributed by atoms with Gasteiger partial charge in [0.2, 0.25) is 5.91 Å². The second-order valence-electron chi connectivity index (χ2n) is 6.26. The summed E-state index contributed by atoms with van der Waals surface area (Å²) in [6, 6.07) is 4.05. The van der Waals surface area contributed by atoms with Crippen LogP contribution in [0.1, 0.15) is 37.0 Å². The first-order valence-electron chi connectivity index (χ1n) is 7.46. The Labute approximate surface area is 130 Å². The lowest BCUT2D eigenvalue weighted by molar-refractivity contribution is -0.136. The third-order valence-corrected chi connectivity index (χ3v) is 7.57. The second kappa shape index (κ2) is 5.39. The molecule has 0 aromatic carbocycles. The number of likely N-dealkylation sites (tertiary alicyclic amines) is 1. The van der Waals surface area contributed by atoms with Crippen LogP contribution in [0.25, 0.3) is 0 Å². The van der Waals surface area contributed by atoms with Gasteiger partial charge >= 0.3 is 0 Å². The molecule has 21 heavy (non-hydrogen) atoms. The van der Waals surface area contributed by atoms with E-state index in [0.717, 1.165) is 30.6 Å². The fraction of sp³-hybridized carbons (Fsp3) is 0.667. The monoisotopic (exact) mass is 327 g/mol. The molecule has 2 heterocycles. The molecular formula is C15H21NO3S2. The van der Waals surface area contributed by atoms with Crippen LogP contribution in [0.4, 0.5) is 0 Å². The van der Waals surface area contributed by atoms with E-state index in [1.165, 1.54) is 6.26 Å². The molecule has 2 fully saturated rings. The normalized spacial score (nSPS) is 25.4. The van der Waals surface area contributed by atoms with Gasteiger partial charge in [0.15, 0.2) is 9.84 Å². The molecule has 1 aromatic heterocycles. The van der Waals surface area contributed by atoms with Crippen molar-refractivity contribution in [3.8, 4) is 0 Å². The average molecular weight is 327 g/mol. The van der Waals surface area contributed by atoms with Crippen LogP contribution < -0.4 is 0 Å². The van der Waals surface area contributed by atoms with Crippen molar-refractivity contribution in [2.45, 2.75) is 42.8 Å². The van der Waals surface area contributed by atoms with Gasteiger partial charge in [-0.05, 0) is 30.7 Å². The Morgan fingerprint density at radius 2 is 2.10 bits per heavy atom. The van der Waals surface area contributed by atoms with E-state index in [-0.39, 0.29) is 16.6 Å². The third-order valence-electron chi connectivity index (χ3n) is 4.90. The largest absolute Gasteiger partial charge is 0.341 e. The smallest absolute Gasteiger partial charge is 0.234 e. The number of rotatable bonds is 3. The third kappa shape index (κ3) is 2.63. The van der Waals surface area contributed by atoms with E-state index in [9.17, 15) is 13.2 Å². The lowest BCUT2D eigenvalue weighted by Crippen LogP contribution is -2.44. The van der Waals surface area contributed by atoms with Gasteiger partial charge in [-0.1, -0.05) is 18.9 Å². The summed E-state index contributed by atoms with van der Waals surface area (Å²) >= 11 is 1.65. The molecule has 1 aromatic rings. The van der Waals surface area contributed by atoms with Gasteiger partial charge in [-0.15, -0.1) is 11.3 Å². The van der Waals surface area contributed by atoms with Crippen LogP contribution >= 0.6 is 11.3 Å². The van der Waals surface area contributed by atoms with Crippen molar-refractivity contribution < 1.29 is 13.2 Å². The highest BCUT2D eigenvalue weighted by molar-refractivity contribution is 7.91. The quantitative estimate of drug-likeness (QED) is 0.855. The van der Waals surface area contributed by atoms with Gasteiger partial charge in [-0.25, -0.2) is 8.42 Å². The molecule has 2 aliphatic rings. The average Bonchev–Trinajstić information content (AvgIpc) is 3.17. The number of amides is 1. The highest BCUT2D eigenvalue weighted by atomic mass is 32.2. The molecule has 1 saturated heterocycles. The minimum atomic E-state index is -3.06. The van der Waals surface area contributed by atoms with Gasteiger partial charge in [0.25, 0.3) is 0 Å². The van der Waals surface area contributed by atoms with Crippen LogP contribution in [0.5, 0.6) is 0 Å². The van der Waals surface area contributed by atoms with Crippen molar-refractivity contribution >= 4 is 27.1 Å². The van der Waals surface area contributed by atoms with Crippen LogP contribution in [0.15, 0.2) is 17.5 Å². The Balaban J connectivity index is 1.84. The van der Waals surface area contributed by atoms with Crippen molar-refractivity contribution in [1.29, 1.82) is 0 Å². The predicted molar refractivity (Wildman–Crippen MR) is 84.3 cm³/mol. The van der Waals surface area contributed by atoms with E-state index in [1.807, 2.05) is 11.4 Å². The standard InChI is InChI=1S/C15H21NO3S2/c1-21(18,19)12-6-9-16(11-12)14(17)15(7-2-3-8-15)13-5-4-10-20-13/h4-5,10,12H,2-3,6-9,11H2,1H3/t12-/m0/s1. The van der Waals surface area contributed by atoms with Gasteiger partial charge in [-0.2, -0.15) is 0 Å². The number of carbonyl (C=O) groups excluding carboxylic acids is 1. The number of carbonyl (C=O) groups is 1. The summed E-state index contributed by atoms with van der Waals surface area (Å²) in [4.78, 5) is 16.0. The van der Waals surface area contributed by atoms with Gasteiger partial charge in [0, 0.05) is 24.2 Å². The molecule has 6 heteroatoms. The van der Waals surface area contributed by atoms with Crippen LogP contribution in [0.2, 0.25) is 0 Å². The summed E-state index contributed by atoms with van der Waals surface area (Å²) in [6.45, 7) is 0.939. The lowest BCUT2D eigenvalue weighted by Gasteiger charge is -2.31. The van der Waals surface area contributed by atoms with Crippen LogP contribution in [0.3, 0.4) is 0 Å². The van der Waals surface area contributed by atoms with Crippen molar-refractivity contribution in [2.24, 2.45) is 0 Å². The van der Waals surface area contributed by atoms with Crippen molar-refractivity contribution in [1.82, 2.24) is 4.90 Å². The molecule has 116 valence electrons. The van der Waals surface area contributed by atoms with Gasteiger partial charge in [0.1, 0.15) is 0 Å². The molecule has 1 saturated carbocycles.